The molecule has 1 heterocycles. The number of methoxy groups -OCH3 is 1. The molecule has 6 nitrogen and oxygen atoms in total. The normalized spacial score (nSPS) is 15.3. The number of piperidine rings is 1. The van der Waals surface area contributed by atoms with Crippen molar-refractivity contribution in [2.75, 3.05) is 26.5 Å². The topological polar surface area (TPSA) is 75.7 Å². The molecule has 170 valence electrons. The van der Waals surface area contributed by atoms with Gasteiger partial charge in [0.1, 0.15) is 6.04 Å². The van der Waals surface area contributed by atoms with Crippen molar-refractivity contribution in [3.63, 3.8) is 0 Å². The molecule has 1 aromatic carbocycles. The minimum Gasteiger partial charge on any atom is -0.467 e. The second kappa shape index (κ2) is 12.4. The first-order chi connectivity index (χ1) is 14.8. The van der Waals surface area contributed by atoms with Crippen LogP contribution in [0.1, 0.15) is 31.2 Å². The number of ether oxygens (including phenoxy) is 1. The number of aryl methyl sites for hydroxylation is 1. The molecular formula is C22H28Cl2N2O4S. The highest BCUT2D eigenvalue weighted by molar-refractivity contribution is 7.98. The molecule has 1 aromatic rings. The predicted octanol–water partition coefficient (Wildman–Crippen LogP) is 4.12. The zero-order valence-corrected chi connectivity index (χ0v) is 20.1. The molecule has 0 bridgehead atoms. The van der Waals surface area contributed by atoms with Crippen molar-refractivity contribution < 1.29 is 19.1 Å². The van der Waals surface area contributed by atoms with E-state index in [1.165, 1.54) is 18.9 Å². The van der Waals surface area contributed by atoms with Gasteiger partial charge in [-0.05, 0) is 43.6 Å². The summed E-state index contributed by atoms with van der Waals surface area (Å²) in [6.45, 7) is 4.61. The van der Waals surface area contributed by atoms with Crippen LogP contribution >= 0.6 is 35.0 Å². The van der Waals surface area contributed by atoms with Crippen LogP contribution in [0.3, 0.4) is 0 Å². The summed E-state index contributed by atoms with van der Waals surface area (Å²) in [5.74, 6) is -0.905. The Bertz CT molecular complexity index is 826. The van der Waals surface area contributed by atoms with E-state index in [0.29, 0.717) is 55.2 Å². The van der Waals surface area contributed by atoms with E-state index in [2.05, 4.69) is 11.9 Å². The van der Waals surface area contributed by atoms with E-state index in [9.17, 15) is 14.4 Å². The van der Waals surface area contributed by atoms with Gasteiger partial charge in [0, 0.05) is 30.3 Å². The minimum atomic E-state index is -0.733. The summed E-state index contributed by atoms with van der Waals surface area (Å²) in [7, 11) is 1.28. The van der Waals surface area contributed by atoms with Crippen LogP contribution in [-0.4, -0.2) is 55.2 Å². The van der Waals surface area contributed by atoms with Crippen LogP contribution in [0.25, 0.3) is 0 Å². The van der Waals surface area contributed by atoms with E-state index >= 15 is 0 Å². The number of carbonyl (C=O) groups is 3. The number of halogens is 2. The van der Waals surface area contributed by atoms with Gasteiger partial charge in [-0.25, -0.2) is 4.79 Å². The second-order valence-corrected chi connectivity index (χ2v) is 8.92. The zero-order valence-electron chi connectivity index (χ0n) is 17.8. The van der Waals surface area contributed by atoms with E-state index in [4.69, 9.17) is 27.9 Å². The molecule has 0 radical (unpaired) electrons. The molecule has 1 N–H and O–H groups in total. The molecule has 2 rings (SSSR count). The molecular weight excluding hydrogens is 459 g/mol. The number of esters is 1. The maximum absolute atomic E-state index is 12.6. The van der Waals surface area contributed by atoms with E-state index in [1.54, 1.807) is 11.0 Å². The van der Waals surface area contributed by atoms with Crippen molar-refractivity contribution >= 4 is 52.7 Å². The Kier molecular flexibility index (Phi) is 10.2. The van der Waals surface area contributed by atoms with E-state index < -0.39 is 12.0 Å². The fourth-order valence-corrected chi connectivity index (χ4v) is 4.74. The summed E-state index contributed by atoms with van der Waals surface area (Å²) in [5.41, 5.74) is 0.850. The predicted molar refractivity (Wildman–Crippen MR) is 125 cm³/mol. The molecule has 1 fully saturated rings. The Balaban J connectivity index is 1.84. The number of hydrogen-bond donors (Lipinski definition) is 1. The van der Waals surface area contributed by atoms with Gasteiger partial charge in [0.2, 0.25) is 11.8 Å². The number of nitrogens with one attached hydrogen (secondary N) is 1. The SMILES string of the molecule is C=CC[C@H](NC(=O)C1CCN(C(=O)CCc2ccc(SC)c(Cl)c2Cl)CC1)C(=O)OC. The van der Waals surface area contributed by atoms with E-state index in [1.807, 2.05) is 18.4 Å². The number of nitrogens with zero attached hydrogens (tertiary/aromatic N) is 1. The monoisotopic (exact) mass is 486 g/mol. The van der Waals surface area contributed by atoms with Crippen LogP contribution in [0.15, 0.2) is 29.7 Å². The maximum Gasteiger partial charge on any atom is 0.328 e. The zero-order chi connectivity index (χ0) is 23.0. The van der Waals surface area contributed by atoms with E-state index in [-0.39, 0.29) is 17.7 Å². The quantitative estimate of drug-likeness (QED) is 0.322. The molecule has 31 heavy (non-hydrogen) atoms. The first-order valence-electron chi connectivity index (χ1n) is 10.1. The van der Waals surface area contributed by atoms with Crippen LogP contribution in [0, 0.1) is 5.92 Å². The molecule has 1 aliphatic heterocycles. The molecule has 1 saturated heterocycles. The minimum absolute atomic E-state index is 0.0269. The summed E-state index contributed by atoms with van der Waals surface area (Å²) in [6.07, 6.45) is 5.74. The number of hydrogen-bond acceptors (Lipinski definition) is 5. The number of benzene rings is 1. The highest BCUT2D eigenvalue weighted by Gasteiger charge is 2.30. The molecule has 1 aliphatic rings. The van der Waals surface area contributed by atoms with Crippen molar-refractivity contribution in [3.8, 4) is 0 Å². The molecule has 9 heteroatoms. The maximum atomic E-state index is 12.6. The summed E-state index contributed by atoms with van der Waals surface area (Å²) < 4.78 is 4.72. The molecule has 0 saturated carbocycles. The Morgan fingerprint density at radius 1 is 1.29 bits per heavy atom. The number of likely N-dealkylation sites (tertiary alicyclic amines) is 1. The van der Waals surface area contributed by atoms with Crippen LogP contribution < -0.4 is 5.32 Å². The van der Waals surface area contributed by atoms with Crippen molar-refractivity contribution in [2.45, 2.75) is 43.0 Å². The summed E-state index contributed by atoms with van der Waals surface area (Å²) >= 11 is 14.1. The number of thioether (sulfide) groups is 1. The van der Waals surface area contributed by atoms with Gasteiger partial charge in [-0.15, -0.1) is 18.3 Å². The summed E-state index contributed by atoms with van der Waals surface area (Å²) in [6, 6.07) is 3.09. The summed E-state index contributed by atoms with van der Waals surface area (Å²) in [5, 5.41) is 3.75. The second-order valence-electron chi connectivity index (χ2n) is 7.32. The first-order valence-corrected chi connectivity index (χ1v) is 12.1. The van der Waals surface area contributed by atoms with Gasteiger partial charge in [0.15, 0.2) is 0 Å². The van der Waals surface area contributed by atoms with Crippen molar-refractivity contribution in [2.24, 2.45) is 5.92 Å². The standard InChI is InChI=1S/C22H28Cl2N2O4S/c1-4-5-16(22(29)30-2)25-21(28)15-10-12-26(13-11-15)18(27)9-7-14-6-8-17(31-3)20(24)19(14)23/h4,6,8,15-16H,1,5,7,9-13H2,2-3H3,(H,25,28)/t16-/m0/s1. The molecule has 0 spiro atoms. The lowest BCUT2D eigenvalue weighted by Crippen LogP contribution is -2.47. The van der Waals surface area contributed by atoms with Gasteiger partial charge in [-0.1, -0.05) is 35.3 Å². The van der Waals surface area contributed by atoms with Gasteiger partial charge in [0.05, 0.1) is 17.2 Å². The van der Waals surface area contributed by atoms with Crippen molar-refractivity contribution in [1.29, 1.82) is 0 Å². The van der Waals surface area contributed by atoms with Crippen LogP contribution in [-0.2, 0) is 25.5 Å². The van der Waals surface area contributed by atoms with Gasteiger partial charge >= 0.3 is 5.97 Å². The van der Waals surface area contributed by atoms with Crippen LogP contribution in [0.5, 0.6) is 0 Å². The Hall–Kier alpha value is -1.70. The molecule has 1 atom stereocenters. The van der Waals surface area contributed by atoms with Crippen LogP contribution in [0.2, 0.25) is 10.0 Å². The van der Waals surface area contributed by atoms with Gasteiger partial charge in [-0.3, -0.25) is 9.59 Å². The molecule has 0 unspecified atom stereocenters. The smallest absolute Gasteiger partial charge is 0.328 e. The third-order valence-electron chi connectivity index (χ3n) is 5.38. The van der Waals surface area contributed by atoms with Crippen molar-refractivity contribution in [1.82, 2.24) is 10.2 Å². The fourth-order valence-electron chi connectivity index (χ4n) is 3.53. The average molecular weight is 487 g/mol. The van der Waals surface area contributed by atoms with Gasteiger partial charge < -0.3 is 15.0 Å². The fraction of sp³-hybridized carbons (Fsp3) is 0.500. The van der Waals surface area contributed by atoms with Crippen LogP contribution in [0.4, 0.5) is 0 Å². The molecule has 0 aliphatic carbocycles. The lowest BCUT2D eigenvalue weighted by Gasteiger charge is -2.32. The number of amides is 2. The van der Waals surface area contributed by atoms with E-state index in [0.717, 1.165) is 10.5 Å². The number of rotatable bonds is 9. The lowest BCUT2D eigenvalue weighted by atomic mass is 9.95. The highest BCUT2D eigenvalue weighted by atomic mass is 35.5. The largest absolute Gasteiger partial charge is 0.467 e. The highest BCUT2D eigenvalue weighted by Crippen LogP contribution is 2.35. The lowest BCUT2D eigenvalue weighted by molar-refractivity contribution is -0.145. The third kappa shape index (κ3) is 6.89. The number of carbonyl (C=O) groups excluding carboxylic acids is 3. The van der Waals surface area contributed by atoms with Gasteiger partial charge in [0.25, 0.3) is 0 Å². The Morgan fingerprint density at radius 2 is 1.97 bits per heavy atom. The average Bonchev–Trinajstić information content (AvgIpc) is 2.79. The Labute approximate surface area is 197 Å². The molecule has 0 aromatic heterocycles. The first kappa shape index (κ1) is 25.6. The summed E-state index contributed by atoms with van der Waals surface area (Å²) in [4.78, 5) is 39.6. The molecule has 2 amide bonds. The van der Waals surface area contributed by atoms with Crippen molar-refractivity contribution in [3.05, 3.63) is 40.4 Å². The van der Waals surface area contributed by atoms with Gasteiger partial charge in [-0.2, -0.15) is 0 Å². The third-order valence-corrected chi connectivity index (χ3v) is 7.19. The Morgan fingerprint density at radius 3 is 2.55 bits per heavy atom.